The summed E-state index contributed by atoms with van der Waals surface area (Å²) in [5.41, 5.74) is 0.793. The fraction of sp³-hybridized carbons (Fsp3) is 0.600. The SMILES string of the molecule is CC1=CCCC(CCC(=O)O)C1=O. The number of carboxylic acid groups (broad SMARTS) is 1. The highest BCUT2D eigenvalue weighted by atomic mass is 16.4. The van der Waals surface area contributed by atoms with Crippen molar-refractivity contribution < 1.29 is 14.7 Å². The van der Waals surface area contributed by atoms with Gasteiger partial charge < -0.3 is 5.11 Å². The highest BCUT2D eigenvalue weighted by molar-refractivity contribution is 5.97. The molecule has 0 bridgehead atoms. The van der Waals surface area contributed by atoms with E-state index in [0.29, 0.717) is 6.42 Å². The van der Waals surface area contributed by atoms with Crippen LogP contribution in [0.3, 0.4) is 0 Å². The molecule has 0 radical (unpaired) electrons. The van der Waals surface area contributed by atoms with E-state index in [9.17, 15) is 9.59 Å². The predicted octanol–water partition coefficient (Wildman–Crippen LogP) is 1.78. The summed E-state index contributed by atoms with van der Waals surface area (Å²) in [6.07, 6.45) is 4.23. The maximum Gasteiger partial charge on any atom is 0.303 e. The van der Waals surface area contributed by atoms with Crippen LogP contribution in [0.25, 0.3) is 0 Å². The topological polar surface area (TPSA) is 54.4 Å². The van der Waals surface area contributed by atoms with Crippen molar-refractivity contribution in [2.45, 2.75) is 32.6 Å². The molecule has 1 unspecified atom stereocenters. The highest BCUT2D eigenvalue weighted by Crippen LogP contribution is 2.24. The van der Waals surface area contributed by atoms with E-state index in [1.165, 1.54) is 0 Å². The van der Waals surface area contributed by atoms with Crippen LogP contribution < -0.4 is 0 Å². The number of rotatable bonds is 3. The van der Waals surface area contributed by atoms with Gasteiger partial charge >= 0.3 is 5.97 Å². The molecule has 0 heterocycles. The van der Waals surface area contributed by atoms with Gasteiger partial charge in [0.05, 0.1) is 0 Å². The van der Waals surface area contributed by atoms with Crippen LogP contribution in [-0.2, 0) is 9.59 Å². The summed E-state index contributed by atoms with van der Waals surface area (Å²) < 4.78 is 0. The Morgan fingerprint density at radius 3 is 3.00 bits per heavy atom. The van der Waals surface area contributed by atoms with Crippen LogP contribution in [-0.4, -0.2) is 16.9 Å². The predicted molar refractivity (Wildman–Crippen MR) is 48.4 cm³/mol. The molecule has 0 saturated carbocycles. The van der Waals surface area contributed by atoms with Gasteiger partial charge in [-0.05, 0) is 31.8 Å². The standard InChI is InChI=1S/C10H14O3/c1-7-3-2-4-8(10(7)13)5-6-9(11)12/h3,8H,2,4-6H2,1H3,(H,11,12). The first-order valence-corrected chi connectivity index (χ1v) is 4.54. The number of allylic oxidation sites excluding steroid dienone is 2. The van der Waals surface area contributed by atoms with Crippen LogP contribution in [0.1, 0.15) is 32.6 Å². The lowest BCUT2D eigenvalue weighted by Crippen LogP contribution is -2.19. The first kappa shape index (κ1) is 9.96. The maximum atomic E-state index is 11.5. The Balaban J connectivity index is 2.48. The average molecular weight is 182 g/mol. The lowest BCUT2D eigenvalue weighted by atomic mass is 9.85. The van der Waals surface area contributed by atoms with Gasteiger partial charge in [-0.15, -0.1) is 0 Å². The fourth-order valence-corrected chi connectivity index (χ4v) is 1.63. The summed E-state index contributed by atoms with van der Waals surface area (Å²) in [5, 5.41) is 8.47. The summed E-state index contributed by atoms with van der Waals surface area (Å²) in [5.74, 6) is -0.742. The number of aliphatic carboxylic acids is 1. The Morgan fingerprint density at radius 2 is 2.38 bits per heavy atom. The second-order valence-corrected chi connectivity index (χ2v) is 3.46. The van der Waals surface area contributed by atoms with E-state index in [1.54, 1.807) is 6.92 Å². The van der Waals surface area contributed by atoms with Crippen molar-refractivity contribution in [1.82, 2.24) is 0 Å². The van der Waals surface area contributed by atoms with Crippen molar-refractivity contribution in [3.63, 3.8) is 0 Å². The molecule has 3 nitrogen and oxygen atoms in total. The molecule has 0 spiro atoms. The number of ketones is 1. The van der Waals surface area contributed by atoms with Gasteiger partial charge in [0, 0.05) is 12.3 Å². The number of hydrogen-bond donors (Lipinski definition) is 1. The van der Waals surface area contributed by atoms with Gasteiger partial charge in [-0.3, -0.25) is 9.59 Å². The van der Waals surface area contributed by atoms with Crippen LogP contribution >= 0.6 is 0 Å². The first-order valence-electron chi connectivity index (χ1n) is 4.54. The molecule has 0 aromatic heterocycles. The van der Waals surface area contributed by atoms with E-state index in [1.807, 2.05) is 6.08 Å². The zero-order valence-corrected chi connectivity index (χ0v) is 7.75. The summed E-state index contributed by atoms with van der Waals surface area (Å²) in [4.78, 5) is 21.8. The van der Waals surface area contributed by atoms with Crippen molar-refractivity contribution in [2.24, 2.45) is 5.92 Å². The van der Waals surface area contributed by atoms with Crippen LogP contribution in [0, 0.1) is 5.92 Å². The normalized spacial score (nSPS) is 22.7. The lowest BCUT2D eigenvalue weighted by molar-refractivity contribution is -0.137. The molecule has 0 saturated heterocycles. The minimum Gasteiger partial charge on any atom is -0.481 e. The van der Waals surface area contributed by atoms with Gasteiger partial charge in [-0.25, -0.2) is 0 Å². The van der Waals surface area contributed by atoms with Crippen LogP contribution in [0.5, 0.6) is 0 Å². The minimum absolute atomic E-state index is 0.0545. The first-order chi connectivity index (χ1) is 6.11. The molecule has 1 aliphatic rings. The number of carboxylic acids is 1. The third-order valence-corrected chi connectivity index (χ3v) is 2.43. The van der Waals surface area contributed by atoms with Crippen LogP contribution in [0.2, 0.25) is 0 Å². The quantitative estimate of drug-likeness (QED) is 0.723. The van der Waals surface area contributed by atoms with E-state index in [4.69, 9.17) is 5.11 Å². The summed E-state index contributed by atoms with van der Waals surface area (Å²) in [6, 6.07) is 0. The molecule has 0 amide bonds. The number of carbonyl (C=O) groups is 2. The molecule has 1 aliphatic carbocycles. The molecule has 0 fully saturated rings. The zero-order valence-electron chi connectivity index (χ0n) is 7.75. The van der Waals surface area contributed by atoms with E-state index in [0.717, 1.165) is 18.4 Å². The second kappa shape index (κ2) is 4.21. The summed E-state index contributed by atoms with van der Waals surface area (Å²) in [7, 11) is 0. The van der Waals surface area contributed by atoms with Crippen LogP contribution in [0.4, 0.5) is 0 Å². The van der Waals surface area contributed by atoms with Crippen molar-refractivity contribution in [3.8, 4) is 0 Å². The summed E-state index contributed by atoms with van der Waals surface area (Å²) >= 11 is 0. The third kappa shape index (κ3) is 2.68. The van der Waals surface area contributed by atoms with Gasteiger partial charge in [0.25, 0.3) is 0 Å². The Kier molecular flexibility index (Phi) is 3.23. The minimum atomic E-state index is -0.819. The number of carbonyl (C=O) groups excluding carboxylic acids is 1. The second-order valence-electron chi connectivity index (χ2n) is 3.46. The molecule has 1 atom stereocenters. The molecule has 0 aliphatic heterocycles. The number of Topliss-reactive ketones (excluding diaryl/α,β-unsaturated/α-hetero) is 1. The van der Waals surface area contributed by atoms with E-state index >= 15 is 0 Å². The van der Waals surface area contributed by atoms with Gasteiger partial charge in [0.1, 0.15) is 0 Å². The lowest BCUT2D eigenvalue weighted by Gasteiger charge is -2.18. The monoisotopic (exact) mass is 182 g/mol. The van der Waals surface area contributed by atoms with E-state index < -0.39 is 5.97 Å². The smallest absolute Gasteiger partial charge is 0.303 e. The molecular weight excluding hydrogens is 168 g/mol. The van der Waals surface area contributed by atoms with Crippen molar-refractivity contribution in [1.29, 1.82) is 0 Å². The van der Waals surface area contributed by atoms with Gasteiger partial charge in [-0.2, -0.15) is 0 Å². The number of hydrogen-bond acceptors (Lipinski definition) is 2. The third-order valence-electron chi connectivity index (χ3n) is 2.43. The van der Waals surface area contributed by atoms with Crippen molar-refractivity contribution in [2.75, 3.05) is 0 Å². The molecule has 1 rings (SSSR count). The largest absolute Gasteiger partial charge is 0.481 e. The Bertz CT molecular complexity index is 253. The van der Waals surface area contributed by atoms with Gasteiger partial charge in [0.2, 0.25) is 0 Å². The zero-order chi connectivity index (χ0) is 9.84. The van der Waals surface area contributed by atoms with Gasteiger partial charge in [0.15, 0.2) is 5.78 Å². The molecule has 0 aromatic rings. The Morgan fingerprint density at radius 1 is 1.69 bits per heavy atom. The van der Waals surface area contributed by atoms with Crippen molar-refractivity contribution >= 4 is 11.8 Å². The van der Waals surface area contributed by atoms with Gasteiger partial charge in [-0.1, -0.05) is 6.08 Å². The Hall–Kier alpha value is -1.12. The fourth-order valence-electron chi connectivity index (χ4n) is 1.63. The molecule has 1 N–H and O–H groups in total. The molecule has 0 aromatic carbocycles. The summed E-state index contributed by atoms with van der Waals surface area (Å²) in [6.45, 7) is 1.80. The van der Waals surface area contributed by atoms with Crippen LogP contribution in [0.15, 0.2) is 11.6 Å². The maximum absolute atomic E-state index is 11.5. The molecule has 13 heavy (non-hydrogen) atoms. The Labute approximate surface area is 77.4 Å². The highest BCUT2D eigenvalue weighted by Gasteiger charge is 2.22. The molecule has 3 heteroatoms. The molecular formula is C10H14O3. The molecule has 72 valence electrons. The average Bonchev–Trinajstić information content (AvgIpc) is 2.07. The van der Waals surface area contributed by atoms with Crippen molar-refractivity contribution in [3.05, 3.63) is 11.6 Å². The van der Waals surface area contributed by atoms with E-state index in [-0.39, 0.29) is 18.1 Å². The van der Waals surface area contributed by atoms with E-state index in [2.05, 4.69) is 0 Å².